The Morgan fingerprint density at radius 1 is 1.36 bits per heavy atom. The molecule has 1 aliphatic rings. The van der Waals surface area contributed by atoms with E-state index in [1.807, 2.05) is 39.0 Å². The molecule has 0 spiro atoms. The lowest BCUT2D eigenvalue weighted by Crippen LogP contribution is -2.54. The highest BCUT2D eigenvalue weighted by Crippen LogP contribution is 2.20. The summed E-state index contributed by atoms with van der Waals surface area (Å²) in [7, 11) is 1.68. The number of piperazine rings is 1. The maximum absolute atomic E-state index is 12.2. The molecule has 122 valence electrons. The van der Waals surface area contributed by atoms with Crippen molar-refractivity contribution >= 4 is 6.09 Å². The summed E-state index contributed by atoms with van der Waals surface area (Å²) in [6, 6.07) is 8.20. The molecule has 1 aliphatic heterocycles. The first-order valence-electron chi connectivity index (χ1n) is 7.72. The summed E-state index contributed by atoms with van der Waals surface area (Å²) in [5, 5.41) is 3.46. The van der Waals surface area contributed by atoms with E-state index in [-0.39, 0.29) is 12.1 Å². The van der Waals surface area contributed by atoms with Crippen molar-refractivity contribution < 1.29 is 14.3 Å². The Bertz CT molecular complexity index is 511. The highest BCUT2D eigenvalue weighted by molar-refractivity contribution is 5.68. The fourth-order valence-corrected chi connectivity index (χ4v) is 2.59. The molecule has 0 unspecified atom stereocenters. The SMILES string of the molecule is COc1ccccc1C[C@H]1CN(C(=O)OC(C)(C)C)CCN1. The molecule has 0 aromatic heterocycles. The third kappa shape index (κ3) is 4.63. The first-order chi connectivity index (χ1) is 10.4. The molecule has 0 bridgehead atoms. The Kier molecular flexibility index (Phi) is 5.29. The van der Waals surface area contributed by atoms with Crippen LogP contribution < -0.4 is 10.1 Å². The summed E-state index contributed by atoms with van der Waals surface area (Å²) in [6.45, 7) is 7.77. The summed E-state index contributed by atoms with van der Waals surface area (Å²) in [5.41, 5.74) is 0.689. The quantitative estimate of drug-likeness (QED) is 0.932. The smallest absolute Gasteiger partial charge is 0.410 e. The lowest BCUT2D eigenvalue weighted by atomic mass is 10.0. The van der Waals surface area contributed by atoms with Gasteiger partial charge < -0.3 is 19.7 Å². The second kappa shape index (κ2) is 7.01. The van der Waals surface area contributed by atoms with Crippen LogP contribution in [0.4, 0.5) is 4.79 Å². The van der Waals surface area contributed by atoms with E-state index >= 15 is 0 Å². The topological polar surface area (TPSA) is 50.8 Å². The van der Waals surface area contributed by atoms with Crippen LogP contribution in [0.2, 0.25) is 0 Å². The van der Waals surface area contributed by atoms with Crippen molar-refractivity contribution in [2.45, 2.75) is 38.8 Å². The van der Waals surface area contributed by atoms with Crippen LogP contribution in [0.1, 0.15) is 26.3 Å². The van der Waals surface area contributed by atoms with Gasteiger partial charge in [0.1, 0.15) is 11.4 Å². The number of nitrogens with one attached hydrogen (secondary N) is 1. The Balaban J connectivity index is 1.97. The number of amides is 1. The van der Waals surface area contributed by atoms with E-state index in [4.69, 9.17) is 9.47 Å². The fourth-order valence-electron chi connectivity index (χ4n) is 2.59. The largest absolute Gasteiger partial charge is 0.496 e. The molecule has 22 heavy (non-hydrogen) atoms. The van der Waals surface area contributed by atoms with Crippen molar-refractivity contribution in [3.05, 3.63) is 29.8 Å². The number of hydrogen-bond acceptors (Lipinski definition) is 4. The van der Waals surface area contributed by atoms with Gasteiger partial charge in [0.05, 0.1) is 7.11 Å². The van der Waals surface area contributed by atoms with Crippen molar-refractivity contribution in [2.75, 3.05) is 26.7 Å². The zero-order valence-corrected chi connectivity index (χ0v) is 13.9. The average molecular weight is 306 g/mol. The van der Waals surface area contributed by atoms with Gasteiger partial charge in [-0.25, -0.2) is 4.79 Å². The van der Waals surface area contributed by atoms with E-state index in [2.05, 4.69) is 11.4 Å². The number of nitrogens with zero attached hydrogens (tertiary/aromatic N) is 1. The number of para-hydroxylation sites is 1. The zero-order chi connectivity index (χ0) is 16.2. The van der Waals surface area contributed by atoms with Crippen molar-refractivity contribution in [2.24, 2.45) is 0 Å². The van der Waals surface area contributed by atoms with E-state index in [9.17, 15) is 4.79 Å². The highest BCUT2D eigenvalue weighted by atomic mass is 16.6. The Hall–Kier alpha value is -1.75. The summed E-state index contributed by atoms with van der Waals surface area (Å²) in [5.74, 6) is 0.888. The molecule has 5 nitrogen and oxygen atoms in total. The standard InChI is InChI=1S/C17H26N2O3/c1-17(2,3)22-16(20)19-10-9-18-14(12-19)11-13-7-5-6-8-15(13)21-4/h5-8,14,18H,9-12H2,1-4H3/t14-/m0/s1. The lowest BCUT2D eigenvalue weighted by Gasteiger charge is -2.35. The number of carbonyl (C=O) groups is 1. The van der Waals surface area contributed by atoms with Crippen LogP contribution in [0.15, 0.2) is 24.3 Å². The van der Waals surface area contributed by atoms with Gasteiger partial charge in [-0.15, -0.1) is 0 Å². The van der Waals surface area contributed by atoms with Crippen molar-refractivity contribution in [1.82, 2.24) is 10.2 Å². The van der Waals surface area contributed by atoms with E-state index in [0.29, 0.717) is 13.1 Å². The Morgan fingerprint density at radius 2 is 2.09 bits per heavy atom. The van der Waals surface area contributed by atoms with Crippen molar-refractivity contribution in [3.63, 3.8) is 0 Å². The van der Waals surface area contributed by atoms with Crippen LogP contribution in [-0.4, -0.2) is 49.4 Å². The molecule has 1 atom stereocenters. The minimum absolute atomic E-state index is 0.206. The van der Waals surface area contributed by atoms with E-state index < -0.39 is 5.60 Å². The minimum Gasteiger partial charge on any atom is -0.496 e. The molecule has 1 saturated heterocycles. The molecule has 1 aromatic carbocycles. The highest BCUT2D eigenvalue weighted by Gasteiger charge is 2.27. The summed E-state index contributed by atoms with van der Waals surface area (Å²) in [4.78, 5) is 14.0. The molecular weight excluding hydrogens is 280 g/mol. The van der Waals surface area contributed by atoms with Gasteiger partial charge in [0.2, 0.25) is 0 Å². The molecule has 1 N–H and O–H groups in total. The molecule has 1 amide bonds. The number of ether oxygens (including phenoxy) is 2. The normalized spacial score (nSPS) is 18.9. The Morgan fingerprint density at radius 3 is 2.77 bits per heavy atom. The maximum Gasteiger partial charge on any atom is 0.410 e. The number of methoxy groups -OCH3 is 1. The zero-order valence-electron chi connectivity index (χ0n) is 13.9. The molecule has 0 aliphatic carbocycles. The van der Waals surface area contributed by atoms with Gasteiger partial charge in [-0.2, -0.15) is 0 Å². The summed E-state index contributed by atoms with van der Waals surface area (Å²) in [6.07, 6.45) is 0.586. The van der Waals surface area contributed by atoms with Crippen molar-refractivity contribution in [1.29, 1.82) is 0 Å². The third-order valence-corrected chi connectivity index (χ3v) is 3.57. The molecule has 1 aromatic rings. The first kappa shape index (κ1) is 16.6. The Labute approximate surface area is 132 Å². The van der Waals surface area contributed by atoms with Crippen LogP contribution in [-0.2, 0) is 11.2 Å². The number of rotatable bonds is 3. The van der Waals surface area contributed by atoms with Gasteiger partial charge >= 0.3 is 6.09 Å². The predicted molar refractivity (Wildman–Crippen MR) is 86.3 cm³/mol. The average Bonchev–Trinajstić information content (AvgIpc) is 2.46. The second-order valence-corrected chi connectivity index (χ2v) is 6.59. The molecule has 1 fully saturated rings. The van der Waals surface area contributed by atoms with Gasteiger partial charge in [-0.05, 0) is 38.8 Å². The van der Waals surface area contributed by atoms with E-state index in [0.717, 1.165) is 24.3 Å². The molecule has 0 saturated carbocycles. The van der Waals surface area contributed by atoms with Gasteiger partial charge in [-0.1, -0.05) is 18.2 Å². The first-order valence-corrected chi connectivity index (χ1v) is 7.72. The minimum atomic E-state index is -0.458. The van der Waals surface area contributed by atoms with Crippen LogP contribution in [0.3, 0.4) is 0 Å². The van der Waals surface area contributed by atoms with Crippen LogP contribution >= 0.6 is 0 Å². The lowest BCUT2D eigenvalue weighted by molar-refractivity contribution is 0.0195. The molecular formula is C17H26N2O3. The van der Waals surface area contributed by atoms with Crippen molar-refractivity contribution in [3.8, 4) is 5.75 Å². The predicted octanol–water partition coefficient (Wildman–Crippen LogP) is 2.45. The van der Waals surface area contributed by atoms with Crippen LogP contribution in [0.25, 0.3) is 0 Å². The molecule has 2 rings (SSSR count). The van der Waals surface area contributed by atoms with Crippen LogP contribution in [0.5, 0.6) is 5.75 Å². The maximum atomic E-state index is 12.2. The molecule has 5 heteroatoms. The van der Waals surface area contributed by atoms with E-state index in [1.165, 1.54) is 0 Å². The van der Waals surface area contributed by atoms with Gasteiger partial charge in [0.25, 0.3) is 0 Å². The monoisotopic (exact) mass is 306 g/mol. The van der Waals surface area contributed by atoms with E-state index in [1.54, 1.807) is 12.0 Å². The summed E-state index contributed by atoms with van der Waals surface area (Å²) < 4.78 is 10.8. The molecule has 1 heterocycles. The van der Waals surface area contributed by atoms with Gasteiger partial charge in [-0.3, -0.25) is 0 Å². The van der Waals surface area contributed by atoms with Crippen LogP contribution in [0, 0.1) is 0 Å². The molecule has 0 radical (unpaired) electrons. The fraction of sp³-hybridized carbons (Fsp3) is 0.588. The second-order valence-electron chi connectivity index (χ2n) is 6.59. The van der Waals surface area contributed by atoms with Gasteiger partial charge in [0, 0.05) is 25.7 Å². The third-order valence-electron chi connectivity index (χ3n) is 3.57. The summed E-state index contributed by atoms with van der Waals surface area (Å²) >= 11 is 0. The van der Waals surface area contributed by atoms with Gasteiger partial charge in [0.15, 0.2) is 0 Å². The number of hydrogen-bond donors (Lipinski definition) is 1. The number of benzene rings is 1. The number of carbonyl (C=O) groups excluding carboxylic acids is 1.